The molecule has 0 bridgehead atoms. The van der Waals surface area contributed by atoms with Crippen molar-refractivity contribution in [3.8, 4) is 0 Å². The van der Waals surface area contributed by atoms with Crippen LogP contribution in [-0.2, 0) is 10.0 Å². The first-order chi connectivity index (χ1) is 14.4. The van der Waals surface area contributed by atoms with Gasteiger partial charge in [-0.25, -0.2) is 8.42 Å². The summed E-state index contributed by atoms with van der Waals surface area (Å²) >= 11 is 0. The smallest absolute Gasteiger partial charge is 0.243 e. The van der Waals surface area contributed by atoms with Crippen molar-refractivity contribution >= 4 is 10.0 Å². The summed E-state index contributed by atoms with van der Waals surface area (Å²) in [5.74, 6) is 0. The normalized spacial score (nSPS) is 31.1. The van der Waals surface area contributed by atoms with E-state index in [-0.39, 0.29) is 18.0 Å². The van der Waals surface area contributed by atoms with Crippen LogP contribution < -0.4 is 0 Å². The number of β-amino-alcohol motifs (C(OH)–C–C–N with tert-alkyl or cyclic N) is 2. The summed E-state index contributed by atoms with van der Waals surface area (Å²) in [5.41, 5.74) is -1.44. The van der Waals surface area contributed by atoms with Crippen LogP contribution in [0.2, 0.25) is 0 Å². The Kier molecular flexibility index (Phi) is 6.82. The van der Waals surface area contributed by atoms with Crippen molar-refractivity contribution in [1.82, 2.24) is 14.1 Å². The molecule has 168 valence electrons. The molecule has 2 N–H and O–H groups in total. The third kappa shape index (κ3) is 4.74. The summed E-state index contributed by atoms with van der Waals surface area (Å²) in [5, 5.41) is 21.7. The average molecular weight is 438 g/mol. The highest BCUT2D eigenvalue weighted by Gasteiger charge is 2.49. The fourth-order valence-electron chi connectivity index (χ4n) is 5.21. The lowest BCUT2D eigenvalue weighted by molar-refractivity contribution is -0.0684. The van der Waals surface area contributed by atoms with Crippen LogP contribution in [0.15, 0.2) is 35.2 Å². The molecule has 2 heterocycles. The quantitative estimate of drug-likeness (QED) is 0.672. The van der Waals surface area contributed by atoms with Gasteiger partial charge in [-0.05, 0) is 25.0 Å². The number of rotatable bonds is 5. The molecule has 7 nitrogen and oxygen atoms in total. The summed E-state index contributed by atoms with van der Waals surface area (Å²) in [7, 11) is -3.72. The van der Waals surface area contributed by atoms with Gasteiger partial charge >= 0.3 is 0 Å². The Bertz CT molecular complexity index is 790. The van der Waals surface area contributed by atoms with Gasteiger partial charge in [-0.2, -0.15) is 4.31 Å². The first-order valence-electron chi connectivity index (χ1n) is 11.3. The maximum atomic E-state index is 12.9. The van der Waals surface area contributed by atoms with E-state index in [1.165, 1.54) is 42.8 Å². The summed E-state index contributed by atoms with van der Waals surface area (Å²) in [6.07, 6.45) is 6.83. The Morgan fingerprint density at radius 2 is 1.60 bits per heavy atom. The third-order valence-electron chi connectivity index (χ3n) is 7.07. The molecule has 8 heteroatoms. The lowest BCUT2D eigenvalue weighted by atomic mass is 9.99. The molecule has 2 atom stereocenters. The number of benzene rings is 1. The van der Waals surface area contributed by atoms with E-state index in [2.05, 4.69) is 9.80 Å². The standard InChI is InChI=1S/C22H35N3O4S/c26-21-16-25(30(28,29)20-10-6-3-7-11-20)18-22(21,27)17-23-12-14-24(15-13-23)19-8-4-1-2-5-9-19/h3,6-7,10-11,19,21,26-27H,1-2,4-5,8-9,12-18H2/t21-,22+/m1/s1. The van der Waals surface area contributed by atoms with E-state index in [0.717, 1.165) is 26.2 Å². The van der Waals surface area contributed by atoms with Crippen LogP contribution >= 0.6 is 0 Å². The van der Waals surface area contributed by atoms with Crippen molar-refractivity contribution in [2.45, 2.75) is 61.2 Å². The maximum Gasteiger partial charge on any atom is 0.243 e. The van der Waals surface area contributed by atoms with Crippen molar-refractivity contribution in [1.29, 1.82) is 0 Å². The summed E-state index contributed by atoms with van der Waals surface area (Å²) in [4.78, 5) is 4.96. The number of sulfonamides is 1. The molecular formula is C22H35N3O4S. The van der Waals surface area contributed by atoms with E-state index >= 15 is 0 Å². The van der Waals surface area contributed by atoms with Gasteiger partial charge in [-0.15, -0.1) is 0 Å². The first-order valence-corrected chi connectivity index (χ1v) is 12.7. The van der Waals surface area contributed by atoms with Gasteiger partial charge in [0.1, 0.15) is 5.60 Å². The highest BCUT2D eigenvalue weighted by atomic mass is 32.2. The third-order valence-corrected chi connectivity index (χ3v) is 8.90. The number of nitrogens with zero attached hydrogens (tertiary/aromatic N) is 3. The second-order valence-corrected chi connectivity index (χ2v) is 11.1. The molecule has 0 radical (unpaired) electrons. The number of hydrogen-bond acceptors (Lipinski definition) is 6. The zero-order chi connectivity index (χ0) is 21.2. The number of aliphatic hydroxyl groups excluding tert-OH is 1. The Morgan fingerprint density at radius 3 is 2.23 bits per heavy atom. The zero-order valence-corrected chi connectivity index (χ0v) is 18.5. The van der Waals surface area contributed by atoms with E-state index in [9.17, 15) is 18.6 Å². The minimum absolute atomic E-state index is 0.0736. The maximum absolute atomic E-state index is 12.9. The minimum atomic E-state index is -3.72. The zero-order valence-electron chi connectivity index (χ0n) is 17.7. The Labute approximate surface area is 180 Å². The van der Waals surface area contributed by atoms with Gasteiger partial charge in [0.05, 0.1) is 11.0 Å². The summed E-state index contributed by atoms with van der Waals surface area (Å²) in [6.45, 7) is 3.79. The van der Waals surface area contributed by atoms with Crippen LogP contribution in [0.1, 0.15) is 38.5 Å². The van der Waals surface area contributed by atoms with Crippen molar-refractivity contribution in [3.63, 3.8) is 0 Å². The van der Waals surface area contributed by atoms with Gasteiger partial charge in [0.15, 0.2) is 0 Å². The number of aliphatic hydroxyl groups is 2. The Hall–Kier alpha value is -1.03. The topological polar surface area (TPSA) is 84.3 Å². The van der Waals surface area contributed by atoms with E-state index in [0.29, 0.717) is 12.6 Å². The lowest BCUT2D eigenvalue weighted by Gasteiger charge is -2.41. The van der Waals surface area contributed by atoms with E-state index in [4.69, 9.17) is 0 Å². The molecule has 0 aromatic heterocycles. The summed E-state index contributed by atoms with van der Waals surface area (Å²) in [6, 6.07) is 8.90. The second-order valence-electron chi connectivity index (χ2n) is 9.19. The van der Waals surface area contributed by atoms with Crippen molar-refractivity contribution in [3.05, 3.63) is 30.3 Å². The monoisotopic (exact) mass is 437 g/mol. The van der Waals surface area contributed by atoms with Gasteiger partial charge in [0.25, 0.3) is 0 Å². The molecule has 3 aliphatic rings. The van der Waals surface area contributed by atoms with Crippen molar-refractivity contribution in [2.24, 2.45) is 0 Å². The molecule has 0 amide bonds. The van der Waals surface area contributed by atoms with Crippen LogP contribution in [0.3, 0.4) is 0 Å². The predicted octanol–water partition coefficient (Wildman–Crippen LogP) is 1.12. The Balaban J connectivity index is 1.34. The van der Waals surface area contributed by atoms with Crippen LogP contribution in [0.5, 0.6) is 0 Å². The second kappa shape index (κ2) is 9.22. The van der Waals surface area contributed by atoms with Crippen molar-refractivity contribution in [2.75, 3.05) is 45.8 Å². The van der Waals surface area contributed by atoms with Gasteiger partial charge in [-0.3, -0.25) is 9.80 Å². The fourth-order valence-corrected chi connectivity index (χ4v) is 6.75. The van der Waals surface area contributed by atoms with E-state index < -0.39 is 21.7 Å². The van der Waals surface area contributed by atoms with Crippen molar-refractivity contribution < 1.29 is 18.6 Å². The highest BCUT2D eigenvalue weighted by Crippen LogP contribution is 2.29. The van der Waals surface area contributed by atoms with Crippen LogP contribution in [-0.4, -0.2) is 96.3 Å². The minimum Gasteiger partial charge on any atom is -0.389 e. The molecule has 3 fully saturated rings. The van der Waals surface area contributed by atoms with Gasteiger partial charge in [0, 0.05) is 51.9 Å². The fraction of sp³-hybridized carbons (Fsp3) is 0.727. The van der Waals surface area contributed by atoms with Gasteiger partial charge in [0.2, 0.25) is 10.0 Å². The predicted molar refractivity (Wildman–Crippen MR) is 116 cm³/mol. The number of hydrogen-bond donors (Lipinski definition) is 2. The molecule has 1 aliphatic carbocycles. The molecule has 2 aliphatic heterocycles. The number of piperazine rings is 1. The molecule has 2 saturated heterocycles. The molecule has 4 rings (SSSR count). The van der Waals surface area contributed by atoms with Crippen LogP contribution in [0, 0.1) is 0 Å². The van der Waals surface area contributed by atoms with E-state index in [1.54, 1.807) is 30.3 Å². The Morgan fingerprint density at radius 1 is 0.967 bits per heavy atom. The largest absolute Gasteiger partial charge is 0.389 e. The van der Waals surface area contributed by atoms with Gasteiger partial charge < -0.3 is 10.2 Å². The lowest BCUT2D eigenvalue weighted by Crippen LogP contribution is -2.57. The van der Waals surface area contributed by atoms with Crippen LogP contribution in [0.4, 0.5) is 0 Å². The molecule has 30 heavy (non-hydrogen) atoms. The SMILES string of the molecule is O=S(=O)(c1ccccc1)N1C[C@@H](O)[C@](O)(CN2CCN(C3CCCCCC3)CC2)C1. The van der Waals surface area contributed by atoms with Crippen LogP contribution in [0.25, 0.3) is 0 Å². The molecular weight excluding hydrogens is 402 g/mol. The first kappa shape index (κ1) is 22.2. The molecule has 0 spiro atoms. The molecule has 0 unspecified atom stereocenters. The molecule has 1 saturated carbocycles. The van der Waals surface area contributed by atoms with Gasteiger partial charge in [-0.1, -0.05) is 43.9 Å². The average Bonchev–Trinajstić information content (AvgIpc) is 2.92. The molecule has 1 aromatic carbocycles. The highest BCUT2D eigenvalue weighted by molar-refractivity contribution is 7.89. The summed E-state index contributed by atoms with van der Waals surface area (Å²) < 4.78 is 27.0. The molecule has 1 aromatic rings. The van der Waals surface area contributed by atoms with E-state index in [1.807, 2.05) is 0 Å².